The average Bonchev–Trinajstić information content (AvgIpc) is 2.98. The van der Waals surface area contributed by atoms with Gasteiger partial charge in [0.15, 0.2) is 0 Å². The van der Waals surface area contributed by atoms with Gasteiger partial charge in [0.05, 0.1) is 7.11 Å². The number of methoxy groups -OCH3 is 1. The lowest BCUT2D eigenvalue weighted by Gasteiger charge is -2.18. The number of nitrogens with zero attached hydrogens (tertiary/aromatic N) is 1. The number of sulfonamides is 1. The second-order valence-corrected chi connectivity index (χ2v) is 8.06. The lowest BCUT2D eigenvalue weighted by Crippen LogP contribution is -2.32. The number of nitrogens with two attached hydrogens (primary N) is 1. The van der Waals surface area contributed by atoms with Gasteiger partial charge in [-0.15, -0.1) is 12.4 Å². The van der Waals surface area contributed by atoms with Gasteiger partial charge < -0.3 is 10.5 Å². The fourth-order valence-electron chi connectivity index (χ4n) is 3.17. The van der Waals surface area contributed by atoms with Crippen molar-refractivity contribution in [3.8, 4) is 5.75 Å². The Labute approximate surface area is 155 Å². The molecule has 0 amide bonds. The molecule has 0 saturated carbocycles. The number of hydrogen-bond acceptors (Lipinski definition) is 4. The van der Waals surface area contributed by atoms with E-state index in [1.807, 2.05) is 43.3 Å². The minimum atomic E-state index is -3.65. The topological polar surface area (TPSA) is 72.6 Å². The van der Waals surface area contributed by atoms with E-state index in [9.17, 15) is 8.42 Å². The van der Waals surface area contributed by atoms with Crippen LogP contribution in [0.4, 0.5) is 0 Å². The van der Waals surface area contributed by atoms with E-state index < -0.39 is 10.0 Å². The van der Waals surface area contributed by atoms with Crippen LogP contribution in [0, 0.1) is 6.92 Å². The Morgan fingerprint density at radius 3 is 2.44 bits per heavy atom. The highest BCUT2D eigenvalue weighted by atomic mass is 35.5. The highest BCUT2D eigenvalue weighted by Gasteiger charge is 2.39. The summed E-state index contributed by atoms with van der Waals surface area (Å²) in [6, 6.07) is 14.8. The van der Waals surface area contributed by atoms with E-state index in [0.717, 1.165) is 11.1 Å². The molecule has 0 aromatic heterocycles. The van der Waals surface area contributed by atoms with E-state index in [-0.39, 0.29) is 29.3 Å². The van der Waals surface area contributed by atoms with Crippen molar-refractivity contribution in [3.63, 3.8) is 0 Å². The second kappa shape index (κ2) is 7.74. The van der Waals surface area contributed by atoms with Crippen molar-refractivity contribution in [2.24, 2.45) is 5.73 Å². The van der Waals surface area contributed by atoms with Gasteiger partial charge in [0.1, 0.15) is 10.6 Å². The zero-order valence-electron chi connectivity index (χ0n) is 14.3. The van der Waals surface area contributed by atoms with Gasteiger partial charge in [-0.25, -0.2) is 8.42 Å². The van der Waals surface area contributed by atoms with Crippen LogP contribution in [0.15, 0.2) is 53.4 Å². The summed E-state index contributed by atoms with van der Waals surface area (Å²) >= 11 is 0. The van der Waals surface area contributed by atoms with Crippen molar-refractivity contribution in [3.05, 3.63) is 59.7 Å². The van der Waals surface area contributed by atoms with E-state index in [1.54, 1.807) is 12.1 Å². The number of hydrogen-bond donors (Lipinski definition) is 1. The molecular formula is C18H23ClN2O3S. The summed E-state index contributed by atoms with van der Waals surface area (Å²) < 4.78 is 32.9. The molecule has 0 unspecified atom stereocenters. The number of aryl methyl sites for hydroxylation is 1. The molecule has 1 heterocycles. The molecule has 0 bridgehead atoms. The van der Waals surface area contributed by atoms with Crippen molar-refractivity contribution in [1.82, 2.24) is 4.31 Å². The third-order valence-corrected chi connectivity index (χ3v) is 6.35. The van der Waals surface area contributed by atoms with E-state index in [2.05, 4.69) is 0 Å². The molecule has 0 aliphatic carbocycles. The average molecular weight is 383 g/mol. The Bertz CT molecular complexity index is 827. The standard InChI is InChI=1S/C18H22N2O3S.ClH/c1-13-8-9-17(23-2)18(10-13)24(21,22)20-11-15(16(19)12-20)14-6-4-3-5-7-14;/h3-10,15-16H,11-12,19H2,1-2H3;1H/t15-,16+;/m0./s1. The van der Waals surface area contributed by atoms with Crippen LogP contribution in [0.25, 0.3) is 0 Å². The van der Waals surface area contributed by atoms with Crippen molar-refractivity contribution in [2.45, 2.75) is 23.8 Å². The fraction of sp³-hybridized carbons (Fsp3) is 0.333. The van der Waals surface area contributed by atoms with Crippen molar-refractivity contribution < 1.29 is 13.2 Å². The van der Waals surface area contributed by atoms with E-state index in [0.29, 0.717) is 18.8 Å². The van der Waals surface area contributed by atoms with Crippen LogP contribution in [0.5, 0.6) is 5.75 Å². The minimum absolute atomic E-state index is 0. The monoisotopic (exact) mass is 382 g/mol. The van der Waals surface area contributed by atoms with Gasteiger partial charge >= 0.3 is 0 Å². The molecule has 0 radical (unpaired) electrons. The Balaban J connectivity index is 0.00000225. The van der Waals surface area contributed by atoms with Gasteiger partial charge in [-0.1, -0.05) is 36.4 Å². The van der Waals surface area contributed by atoms with E-state index in [4.69, 9.17) is 10.5 Å². The highest BCUT2D eigenvalue weighted by molar-refractivity contribution is 7.89. The van der Waals surface area contributed by atoms with Crippen molar-refractivity contribution >= 4 is 22.4 Å². The van der Waals surface area contributed by atoms with Crippen LogP contribution in [0.1, 0.15) is 17.0 Å². The SMILES string of the molecule is COc1ccc(C)cc1S(=O)(=O)N1C[C@@H](N)[C@H](c2ccccc2)C1.Cl. The molecule has 2 atom stereocenters. The number of ether oxygens (including phenoxy) is 1. The maximum absolute atomic E-state index is 13.1. The first kappa shape index (κ1) is 19.7. The van der Waals surface area contributed by atoms with Crippen LogP contribution in [0.3, 0.4) is 0 Å². The van der Waals surface area contributed by atoms with Gasteiger partial charge in [-0.3, -0.25) is 0 Å². The molecule has 5 nitrogen and oxygen atoms in total. The third kappa shape index (κ3) is 3.82. The maximum atomic E-state index is 13.1. The molecule has 0 spiro atoms. The van der Waals surface area contributed by atoms with Crippen LogP contribution in [0.2, 0.25) is 0 Å². The highest BCUT2D eigenvalue weighted by Crippen LogP contribution is 2.33. The maximum Gasteiger partial charge on any atom is 0.246 e. The molecule has 1 fully saturated rings. The minimum Gasteiger partial charge on any atom is -0.495 e. The normalized spacial score (nSPS) is 20.9. The molecule has 25 heavy (non-hydrogen) atoms. The lowest BCUT2D eigenvalue weighted by atomic mass is 9.95. The predicted molar refractivity (Wildman–Crippen MR) is 101 cm³/mol. The molecule has 7 heteroatoms. The van der Waals surface area contributed by atoms with Crippen LogP contribution < -0.4 is 10.5 Å². The Morgan fingerprint density at radius 2 is 1.80 bits per heavy atom. The summed E-state index contributed by atoms with van der Waals surface area (Å²) in [7, 11) is -2.17. The van der Waals surface area contributed by atoms with Crippen molar-refractivity contribution in [1.29, 1.82) is 0 Å². The smallest absolute Gasteiger partial charge is 0.246 e. The quantitative estimate of drug-likeness (QED) is 0.881. The van der Waals surface area contributed by atoms with Crippen LogP contribution >= 0.6 is 12.4 Å². The lowest BCUT2D eigenvalue weighted by molar-refractivity contribution is 0.397. The van der Waals surface area contributed by atoms with Crippen LogP contribution in [-0.2, 0) is 10.0 Å². The van der Waals surface area contributed by atoms with Gasteiger partial charge in [0, 0.05) is 25.0 Å². The first-order chi connectivity index (χ1) is 11.4. The molecular weight excluding hydrogens is 360 g/mol. The largest absolute Gasteiger partial charge is 0.495 e. The molecule has 1 aliphatic rings. The molecule has 3 rings (SSSR count). The second-order valence-electron chi connectivity index (χ2n) is 6.16. The molecule has 2 N–H and O–H groups in total. The van der Waals surface area contributed by atoms with Crippen LogP contribution in [-0.4, -0.2) is 39.0 Å². The van der Waals surface area contributed by atoms with Crippen molar-refractivity contribution in [2.75, 3.05) is 20.2 Å². The number of rotatable bonds is 4. The zero-order valence-corrected chi connectivity index (χ0v) is 15.9. The molecule has 1 aliphatic heterocycles. The van der Waals surface area contributed by atoms with E-state index in [1.165, 1.54) is 11.4 Å². The summed E-state index contributed by atoms with van der Waals surface area (Å²) in [6.45, 7) is 2.55. The van der Waals surface area contributed by atoms with Gasteiger partial charge in [-0.05, 0) is 30.2 Å². The number of halogens is 1. The van der Waals surface area contributed by atoms with Gasteiger partial charge in [0.25, 0.3) is 0 Å². The summed E-state index contributed by atoms with van der Waals surface area (Å²) in [5.41, 5.74) is 8.18. The molecule has 1 saturated heterocycles. The summed E-state index contributed by atoms with van der Waals surface area (Å²) in [5.74, 6) is 0.356. The Kier molecular flexibility index (Phi) is 6.11. The Morgan fingerprint density at radius 1 is 1.12 bits per heavy atom. The fourth-order valence-corrected chi connectivity index (χ4v) is 4.91. The zero-order chi connectivity index (χ0) is 17.3. The van der Waals surface area contributed by atoms with Gasteiger partial charge in [0.2, 0.25) is 10.0 Å². The first-order valence-electron chi connectivity index (χ1n) is 7.89. The Hall–Kier alpha value is -1.60. The summed E-state index contributed by atoms with van der Waals surface area (Å²) in [5, 5.41) is 0. The third-order valence-electron chi connectivity index (χ3n) is 4.50. The first-order valence-corrected chi connectivity index (χ1v) is 9.33. The summed E-state index contributed by atoms with van der Waals surface area (Å²) in [4.78, 5) is 0.200. The number of benzene rings is 2. The van der Waals surface area contributed by atoms with Gasteiger partial charge in [-0.2, -0.15) is 4.31 Å². The molecule has 2 aromatic rings. The molecule has 136 valence electrons. The van der Waals surface area contributed by atoms with E-state index >= 15 is 0 Å². The summed E-state index contributed by atoms with van der Waals surface area (Å²) in [6.07, 6.45) is 0. The predicted octanol–water partition coefficient (Wildman–Crippen LogP) is 2.54. The molecule has 2 aromatic carbocycles.